The monoisotopic (exact) mass is 706 g/mol. The molecule has 0 bridgehead atoms. The number of ketones is 1. The molecule has 3 aliphatic rings. The van der Waals surface area contributed by atoms with Crippen molar-refractivity contribution in [2.45, 2.75) is 109 Å². The minimum atomic E-state index is -2.60. The third-order valence-electron chi connectivity index (χ3n) is 11.7. The minimum Gasteiger partial charge on any atom is -0.481 e. The smallest absolute Gasteiger partial charge is 0.335 e. The van der Waals surface area contributed by atoms with E-state index in [1.54, 1.807) is 19.9 Å². The van der Waals surface area contributed by atoms with Gasteiger partial charge in [-0.2, -0.15) is 0 Å². The van der Waals surface area contributed by atoms with Crippen molar-refractivity contribution in [3.05, 3.63) is 36.3 Å². The number of fused-ring (bicyclic) bond motifs is 1. The van der Waals surface area contributed by atoms with Gasteiger partial charge in [-0.3, -0.25) is 24.0 Å². The molecule has 1 aliphatic heterocycles. The van der Waals surface area contributed by atoms with Crippen molar-refractivity contribution >= 4 is 36.1 Å². The highest BCUT2D eigenvalue weighted by molar-refractivity contribution is 5.96. The number of esters is 3. The molecular formula is C35H46O15. The van der Waals surface area contributed by atoms with E-state index < -0.39 is 119 Å². The largest absolute Gasteiger partial charge is 0.481 e. The Morgan fingerprint density at radius 2 is 1.82 bits per heavy atom. The molecule has 276 valence electrons. The average molecular weight is 707 g/mol. The highest BCUT2D eigenvalue weighted by Gasteiger charge is 2.77. The fourth-order valence-corrected chi connectivity index (χ4v) is 8.85. The molecule has 0 unspecified atom stereocenters. The number of aliphatic hydroxyl groups excluding tert-OH is 2. The number of carbonyl (C=O) groups is 6. The highest BCUT2D eigenvalue weighted by atomic mass is 16.6. The van der Waals surface area contributed by atoms with Crippen molar-refractivity contribution in [3.8, 4) is 0 Å². The molecule has 0 aromatic carbocycles. The average Bonchev–Trinajstić information content (AvgIpc) is 3.64. The molecule has 1 aromatic heterocycles. The summed E-state index contributed by atoms with van der Waals surface area (Å²) in [5.41, 5.74) is -8.30. The number of Topliss-reactive ketones (excluding diaryl/α,β-unsaturated/α-hetero) is 1. The summed E-state index contributed by atoms with van der Waals surface area (Å²) in [6, 6.07) is 1.55. The highest BCUT2D eigenvalue weighted by Crippen LogP contribution is 2.68. The summed E-state index contributed by atoms with van der Waals surface area (Å²) >= 11 is 0. The van der Waals surface area contributed by atoms with Gasteiger partial charge in [0.15, 0.2) is 17.5 Å². The van der Waals surface area contributed by atoms with Crippen LogP contribution in [0.4, 0.5) is 0 Å². The molecule has 1 saturated heterocycles. The third-order valence-corrected chi connectivity index (χ3v) is 11.7. The lowest BCUT2D eigenvalue weighted by Gasteiger charge is -2.61. The summed E-state index contributed by atoms with van der Waals surface area (Å²) in [6.07, 6.45) is -5.55. The first kappa shape index (κ1) is 38.7. The number of hydrogen-bond acceptors (Lipinski definition) is 14. The van der Waals surface area contributed by atoms with Crippen LogP contribution in [0.2, 0.25) is 0 Å². The number of rotatable bonds is 12. The van der Waals surface area contributed by atoms with Crippen LogP contribution in [0.5, 0.6) is 0 Å². The molecule has 15 nitrogen and oxygen atoms in total. The zero-order valence-electron chi connectivity index (χ0n) is 29.0. The molecule has 2 heterocycles. The van der Waals surface area contributed by atoms with Crippen LogP contribution in [-0.4, -0.2) is 98.8 Å². The standard InChI is InChI=1S/C35H46O15/c1-8-17(2)28(43)31(44)49-30-29(47-16-37)27(18(3)35(45)23(39)11-21(34(30,35)7)20-9-10-46-14-20)33(6)22(12-25(40)41)32(5,15-36)50-26(42)13-24(33)48-19(4)38/h9-10,14,16-17,21-22,24,27-30,36,43,45H,3,8,11-13,15H2,1-2,4-7H3,(H,40,41)/t17-,21-,22-,24+,27+,28-,29+,30-,32+,33+,34+,35+/m0/s1. The van der Waals surface area contributed by atoms with E-state index in [1.807, 2.05) is 0 Å². The number of furan rings is 1. The SMILES string of the molecule is C=C1[C@@H]([C@]2(C)[C@@H](CC(=O)O)[C@@](C)(CO)OC(=O)C[C@H]2OC(C)=O)[C@@H](OC=O)[C@H](OC(=O)[C@@H](O)[C@@H](C)CC)[C@@]2(C)[C@H](c3ccoc3)CC(=O)[C@]12O. The first-order valence-corrected chi connectivity index (χ1v) is 16.5. The van der Waals surface area contributed by atoms with Crippen LogP contribution in [0.25, 0.3) is 0 Å². The Labute approximate surface area is 288 Å². The number of ether oxygens (including phenoxy) is 4. The Hall–Kier alpha value is -4.08. The number of cyclic esters (lactones) is 1. The molecule has 4 rings (SSSR count). The van der Waals surface area contributed by atoms with Gasteiger partial charge in [-0.15, -0.1) is 0 Å². The summed E-state index contributed by atoms with van der Waals surface area (Å²) in [4.78, 5) is 78.7. The summed E-state index contributed by atoms with van der Waals surface area (Å²) in [6.45, 7) is 11.8. The molecule has 0 amide bonds. The zero-order chi connectivity index (χ0) is 37.6. The van der Waals surface area contributed by atoms with E-state index in [9.17, 15) is 49.2 Å². The lowest BCUT2D eigenvalue weighted by Crippen LogP contribution is -2.72. The van der Waals surface area contributed by atoms with E-state index in [4.69, 9.17) is 23.4 Å². The van der Waals surface area contributed by atoms with Crippen LogP contribution in [-0.2, 0) is 47.7 Å². The number of carbonyl (C=O) groups excluding carboxylic acids is 5. The summed E-state index contributed by atoms with van der Waals surface area (Å²) < 4.78 is 28.4. The Morgan fingerprint density at radius 3 is 2.34 bits per heavy atom. The van der Waals surface area contributed by atoms with E-state index in [0.717, 1.165) is 6.92 Å². The quantitative estimate of drug-likeness (QED) is 0.105. The van der Waals surface area contributed by atoms with Crippen LogP contribution in [0.3, 0.4) is 0 Å². The number of hydrogen-bond donors (Lipinski definition) is 4. The lowest BCUT2D eigenvalue weighted by atomic mass is 9.46. The Bertz CT molecular complexity index is 1520. The van der Waals surface area contributed by atoms with Crippen LogP contribution in [0, 0.1) is 28.6 Å². The van der Waals surface area contributed by atoms with Crippen LogP contribution in [0.15, 0.2) is 35.2 Å². The molecule has 50 heavy (non-hydrogen) atoms. The van der Waals surface area contributed by atoms with E-state index in [-0.39, 0.29) is 18.5 Å². The maximum absolute atomic E-state index is 14.3. The molecule has 0 radical (unpaired) electrons. The van der Waals surface area contributed by atoms with Gasteiger partial charge in [0.05, 0.1) is 37.4 Å². The third kappa shape index (κ3) is 5.92. The second kappa shape index (κ2) is 13.9. The van der Waals surface area contributed by atoms with E-state index >= 15 is 0 Å². The zero-order valence-corrected chi connectivity index (χ0v) is 29.0. The molecule has 0 spiro atoms. The molecule has 12 atom stereocenters. The maximum atomic E-state index is 14.3. The van der Waals surface area contributed by atoms with Gasteiger partial charge < -0.3 is 43.8 Å². The summed E-state index contributed by atoms with van der Waals surface area (Å²) in [5.74, 6) is -9.88. The normalized spacial score (nSPS) is 38.2. The maximum Gasteiger partial charge on any atom is 0.335 e. The number of carboxylic acid groups (broad SMARTS) is 1. The molecule has 4 N–H and O–H groups in total. The second-order valence-corrected chi connectivity index (χ2v) is 14.4. The molecular weight excluding hydrogens is 660 g/mol. The van der Waals surface area contributed by atoms with Crippen molar-refractivity contribution in [1.82, 2.24) is 0 Å². The Kier molecular flexibility index (Phi) is 10.8. The van der Waals surface area contributed by atoms with Crippen molar-refractivity contribution in [2.24, 2.45) is 28.6 Å². The van der Waals surface area contributed by atoms with Gasteiger partial charge in [-0.05, 0) is 30.0 Å². The number of aliphatic carboxylic acids is 1. The van der Waals surface area contributed by atoms with E-state index in [0.29, 0.717) is 12.0 Å². The van der Waals surface area contributed by atoms with Crippen molar-refractivity contribution in [3.63, 3.8) is 0 Å². The van der Waals surface area contributed by atoms with Crippen LogP contribution >= 0.6 is 0 Å². The summed E-state index contributed by atoms with van der Waals surface area (Å²) in [7, 11) is 0. The van der Waals surface area contributed by atoms with Crippen LogP contribution < -0.4 is 0 Å². The molecule has 3 fully saturated rings. The van der Waals surface area contributed by atoms with Gasteiger partial charge in [-0.25, -0.2) is 4.79 Å². The molecule has 1 aromatic rings. The fourth-order valence-electron chi connectivity index (χ4n) is 8.85. The van der Waals surface area contributed by atoms with Crippen molar-refractivity contribution < 1.29 is 72.6 Å². The number of carboxylic acids is 1. The topological polar surface area (TPSA) is 233 Å². The Balaban J connectivity index is 2.11. The molecule has 15 heteroatoms. The van der Waals surface area contributed by atoms with Gasteiger partial charge >= 0.3 is 23.9 Å². The number of aliphatic hydroxyl groups is 3. The van der Waals surface area contributed by atoms with Gasteiger partial charge in [-0.1, -0.05) is 40.7 Å². The first-order chi connectivity index (χ1) is 23.3. The van der Waals surface area contributed by atoms with Gasteiger partial charge in [0.1, 0.15) is 23.9 Å². The predicted molar refractivity (Wildman–Crippen MR) is 169 cm³/mol. The van der Waals surface area contributed by atoms with Crippen LogP contribution in [0.1, 0.15) is 78.7 Å². The molecule has 2 aliphatic carbocycles. The second-order valence-electron chi connectivity index (χ2n) is 14.4. The van der Waals surface area contributed by atoms with E-state index in [1.165, 1.54) is 33.3 Å². The Morgan fingerprint density at radius 1 is 1.16 bits per heavy atom. The lowest BCUT2D eigenvalue weighted by molar-refractivity contribution is -0.238. The van der Waals surface area contributed by atoms with Gasteiger partial charge in [0.25, 0.3) is 6.47 Å². The van der Waals surface area contributed by atoms with Crippen molar-refractivity contribution in [1.29, 1.82) is 0 Å². The minimum absolute atomic E-state index is 0.0360. The van der Waals surface area contributed by atoms with Gasteiger partial charge in [0.2, 0.25) is 0 Å². The van der Waals surface area contributed by atoms with Crippen molar-refractivity contribution in [2.75, 3.05) is 6.61 Å². The molecule has 2 saturated carbocycles. The fraction of sp³-hybridized carbons (Fsp3) is 0.657. The first-order valence-electron chi connectivity index (χ1n) is 16.5. The van der Waals surface area contributed by atoms with Gasteiger partial charge in [0, 0.05) is 36.5 Å². The summed E-state index contributed by atoms with van der Waals surface area (Å²) in [5, 5.41) is 44.6. The predicted octanol–water partition coefficient (Wildman–Crippen LogP) is 1.85. The van der Waals surface area contributed by atoms with E-state index in [2.05, 4.69) is 6.58 Å².